The normalized spacial score (nSPS) is 13.7. The summed E-state index contributed by atoms with van der Waals surface area (Å²) in [6.07, 6.45) is 0.145. The van der Waals surface area contributed by atoms with E-state index in [1.807, 2.05) is 0 Å². The molecule has 0 saturated carbocycles. The maximum absolute atomic E-state index is 13.2. The number of aromatic nitrogens is 3. The maximum Gasteiger partial charge on any atom is 0.416 e. The van der Waals surface area contributed by atoms with Crippen LogP contribution in [0.4, 0.5) is 30.2 Å². The molecule has 5 heterocycles. The summed E-state index contributed by atoms with van der Waals surface area (Å²) in [6.45, 7) is 4.18. The fourth-order valence-corrected chi connectivity index (χ4v) is 7.24. The molecule has 6 rings (SSSR count). The van der Waals surface area contributed by atoms with E-state index in [2.05, 4.69) is 26.2 Å². The number of morpholine rings is 1. The smallest absolute Gasteiger partial charge is 0.379 e. The van der Waals surface area contributed by atoms with E-state index in [4.69, 9.17) is 16.3 Å². The number of nitrogens with one attached hydrogen (secondary N) is 4. The molecule has 1 aromatic carbocycles. The molecule has 0 bridgehead atoms. The molecule has 52 heavy (non-hydrogen) atoms. The largest absolute Gasteiger partial charge is 0.416 e. The number of nitrogens with zero attached hydrogens (tertiary/aromatic N) is 4. The molecule has 18 heteroatoms. The Labute approximate surface area is 304 Å². The van der Waals surface area contributed by atoms with E-state index in [1.165, 1.54) is 33.5 Å². The molecule has 0 radical (unpaired) electrons. The van der Waals surface area contributed by atoms with Crippen molar-refractivity contribution in [3.05, 3.63) is 87.5 Å². The number of ether oxygens (including phenoxy) is 1. The van der Waals surface area contributed by atoms with Gasteiger partial charge in [-0.3, -0.25) is 24.1 Å². The first-order valence-corrected chi connectivity index (χ1v) is 17.2. The van der Waals surface area contributed by atoms with Crippen LogP contribution in [0.1, 0.15) is 46.7 Å². The van der Waals surface area contributed by atoms with Crippen LogP contribution in [0, 0.1) is 0 Å². The molecule has 4 amide bonds. The van der Waals surface area contributed by atoms with Crippen molar-refractivity contribution in [1.82, 2.24) is 23.9 Å². The van der Waals surface area contributed by atoms with Crippen molar-refractivity contribution in [2.45, 2.75) is 6.18 Å². The predicted molar refractivity (Wildman–Crippen MR) is 192 cm³/mol. The van der Waals surface area contributed by atoms with Crippen LogP contribution in [0.25, 0.3) is 10.1 Å². The van der Waals surface area contributed by atoms with Crippen LogP contribution in [-0.2, 0) is 32.1 Å². The third kappa shape index (κ3) is 8.02. The summed E-state index contributed by atoms with van der Waals surface area (Å²) in [5.74, 6) is -1.92. The summed E-state index contributed by atoms with van der Waals surface area (Å²) in [4.78, 5) is 54.5. The lowest BCUT2D eigenvalue weighted by molar-refractivity contribution is -0.137. The Morgan fingerprint density at radius 3 is 1.79 bits per heavy atom. The number of thiophene rings is 1. The molecule has 274 valence electrons. The van der Waals surface area contributed by atoms with Crippen molar-refractivity contribution < 1.29 is 37.1 Å². The number of alkyl halides is 3. The van der Waals surface area contributed by atoms with Gasteiger partial charge in [-0.05, 0) is 30.3 Å². The van der Waals surface area contributed by atoms with E-state index in [-0.39, 0.29) is 37.6 Å². The van der Waals surface area contributed by atoms with Crippen LogP contribution in [0.3, 0.4) is 0 Å². The average Bonchev–Trinajstić information content (AvgIpc) is 3.85. The first-order chi connectivity index (χ1) is 24.7. The first-order valence-electron chi connectivity index (χ1n) is 16.0. The zero-order valence-electron chi connectivity index (χ0n) is 28.2. The SMILES string of the molecule is Cn1cc(NC(=O)c2cc(NC(=O)c3cc(NC(=O)c4sc5cc(C(F)(F)F)ccc5c4Cl)cn3C)cn2C)cc1C(=O)NCCN1CCOCC1. The zero-order valence-corrected chi connectivity index (χ0v) is 29.8. The van der Waals surface area contributed by atoms with E-state index in [9.17, 15) is 32.3 Å². The van der Waals surface area contributed by atoms with Crippen LogP contribution in [0.2, 0.25) is 5.02 Å². The Kier molecular flexibility index (Phi) is 10.5. The van der Waals surface area contributed by atoms with Crippen LogP contribution in [0.15, 0.2) is 55.0 Å². The molecule has 4 N–H and O–H groups in total. The van der Waals surface area contributed by atoms with Gasteiger partial charge >= 0.3 is 6.18 Å². The summed E-state index contributed by atoms with van der Waals surface area (Å²) < 4.78 is 49.7. The molecule has 4 aromatic heterocycles. The molecular formula is C34H34ClF3N8O5S. The second kappa shape index (κ2) is 14.9. The molecule has 0 aliphatic carbocycles. The highest BCUT2D eigenvalue weighted by Gasteiger charge is 2.31. The molecule has 1 fully saturated rings. The van der Waals surface area contributed by atoms with Crippen molar-refractivity contribution in [1.29, 1.82) is 0 Å². The van der Waals surface area contributed by atoms with Gasteiger partial charge in [-0.15, -0.1) is 11.3 Å². The summed E-state index contributed by atoms with van der Waals surface area (Å²) in [5, 5.41) is 11.4. The van der Waals surface area contributed by atoms with E-state index in [0.717, 1.165) is 36.6 Å². The highest BCUT2D eigenvalue weighted by molar-refractivity contribution is 7.21. The Morgan fingerprint density at radius 1 is 0.769 bits per heavy atom. The monoisotopic (exact) mass is 758 g/mol. The van der Waals surface area contributed by atoms with Crippen molar-refractivity contribution in [2.24, 2.45) is 21.1 Å². The van der Waals surface area contributed by atoms with Gasteiger partial charge in [0.1, 0.15) is 22.0 Å². The molecule has 1 aliphatic heterocycles. The molecule has 13 nitrogen and oxygen atoms in total. The lowest BCUT2D eigenvalue weighted by Gasteiger charge is -2.26. The fraction of sp³-hybridized carbons (Fsp3) is 0.294. The third-order valence-electron chi connectivity index (χ3n) is 8.47. The number of benzene rings is 1. The van der Waals surface area contributed by atoms with E-state index < -0.39 is 29.5 Å². The van der Waals surface area contributed by atoms with Gasteiger partial charge in [0.25, 0.3) is 23.6 Å². The van der Waals surface area contributed by atoms with E-state index in [1.54, 1.807) is 44.2 Å². The highest BCUT2D eigenvalue weighted by atomic mass is 35.5. The number of carbonyl (C=O) groups excluding carboxylic acids is 4. The summed E-state index contributed by atoms with van der Waals surface area (Å²) in [7, 11) is 4.94. The Bertz CT molecular complexity index is 2180. The van der Waals surface area contributed by atoms with Gasteiger partial charge < -0.3 is 39.7 Å². The lowest BCUT2D eigenvalue weighted by Crippen LogP contribution is -2.41. The van der Waals surface area contributed by atoms with Crippen LogP contribution in [-0.4, -0.2) is 81.6 Å². The minimum Gasteiger partial charge on any atom is -0.379 e. The first kappa shape index (κ1) is 36.7. The quantitative estimate of drug-likeness (QED) is 0.150. The molecular weight excluding hydrogens is 725 g/mol. The number of hydrogen-bond donors (Lipinski definition) is 4. The van der Waals surface area contributed by atoms with Gasteiger partial charge in [-0.2, -0.15) is 13.2 Å². The number of anilines is 3. The van der Waals surface area contributed by atoms with Crippen molar-refractivity contribution in [3.63, 3.8) is 0 Å². The Balaban J connectivity index is 1.06. The highest BCUT2D eigenvalue weighted by Crippen LogP contribution is 2.39. The maximum atomic E-state index is 13.2. The van der Waals surface area contributed by atoms with Gasteiger partial charge in [-0.1, -0.05) is 17.7 Å². The van der Waals surface area contributed by atoms with E-state index >= 15 is 0 Å². The Hall–Kier alpha value is -5.10. The second-order valence-corrected chi connectivity index (χ2v) is 13.6. The minimum absolute atomic E-state index is 0.0235. The fourth-order valence-electron chi connectivity index (χ4n) is 5.78. The third-order valence-corrected chi connectivity index (χ3v) is 10.1. The van der Waals surface area contributed by atoms with Crippen molar-refractivity contribution >= 4 is 73.7 Å². The number of aryl methyl sites for hydroxylation is 3. The number of amides is 4. The van der Waals surface area contributed by atoms with Crippen molar-refractivity contribution in [2.75, 3.05) is 55.3 Å². The zero-order chi connectivity index (χ0) is 37.3. The molecule has 1 aliphatic rings. The Morgan fingerprint density at radius 2 is 1.27 bits per heavy atom. The lowest BCUT2D eigenvalue weighted by atomic mass is 10.1. The number of halogens is 4. The standard InChI is InChI=1S/C34H34ClF3N8O5S/c1-43-16-20(13-24(43)30(47)39-6-7-46-8-10-51-11-9-46)40-31(48)25-14-21(17-44(25)2)41-32(49)26-15-22(18-45(26)3)42-33(50)29-28(35)23-5-4-19(34(36,37)38)12-27(23)52-29/h4-5,12-18H,6-11H2,1-3H3,(H,39,47)(H,40,48)(H,41,49)(H,42,50). The minimum atomic E-state index is -4.54. The molecule has 0 spiro atoms. The molecule has 0 atom stereocenters. The second-order valence-electron chi connectivity index (χ2n) is 12.2. The summed E-state index contributed by atoms with van der Waals surface area (Å²) in [5.41, 5.74) is 0.925. The van der Waals surface area contributed by atoms with Crippen LogP contribution in [0.5, 0.6) is 0 Å². The average molecular weight is 759 g/mol. The van der Waals surface area contributed by atoms with Crippen molar-refractivity contribution in [3.8, 4) is 0 Å². The van der Waals surface area contributed by atoms with Gasteiger partial charge in [0.2, 0.25) is 0 Å². The number of hydrogen-bond acceptors (Lipinski definition) is 7. The van der Waals surface area contributed by atoms with Crippen LogP contribution >= 0.6 is 22.9 Å². The number of rotatable bonds is 10. The van der Waals surface area contributed by atoms with Gasteiger partial charge in [0.05, 0.1) is 40.9 Å². The predicted octanol–water partition coefficient (Wildman–Crippen LogP) is 5.41. The number of carbonyl (C=O) groups is 4. The van der Waals surface area contributed by atoms with E-state index in [0.29, 0.717) is 48.8 Å². The molecule has 5 aromatic rings. The molecule has 1 saturated heterocycles. The van der Waals surface area contributed by atoms with Gasteiger partial charge in [0.15, 0.2) is 0 Å². The molecule has 0 unspecified atom stereocenters. The summed E-state index contributed by atoms with van der Waals surface area (Å²) >= 11 is 7.18. The summed E-state index contributed by atoms with van der Waals surface area (Å²) in [6, 6.07) is 7.58. The van der Waals surface area contributed by atoms with Gasteiger partial charge in [0, 0.05) is 76.0 Å². The number of fused-ring (bicyclic) bond motifs is 1. The van der Waals surface area contributed by atoms with Gasteiger partial charge in [-0.25, -0.2) is 0 Å². The van der Waals surface area contributed by atoms with Crippen LogP contribution < -0.4 is 21.3 Å². The topological polar surface area (TPSA) is 144 Å².